The van der Waals surface area contributed by atoms with Crippen molar-refractivity contribution in [3.63, 3.8) is 0 Å². The smallest absolute Gasteiger partial charge is 0.339 e. The van der Waals surface area contributed by atoms with Crippen LogP contribution < -0.4 is 5.32 Å². The maximum absolute atomic E-state index is 13.0. The van der Waals surface area contributed by atoms with Crippen LogP contribution in [-0.2, 0) is 6.54 Å². The monoisotopic (exact) mass is 271 g/mol. The van der Waals surface area contributed by atoms with E-state index < -0.39 is 11.8 Å². The number of aromatic carboxylic acids is 1. The molecule has 6 heteroatoms. The Labute approximate surface area is 114 Å². The van der Waals surface area contributed by atoms with Crippen LogP contribution >= 0.6 is 0 Å². The van der Waals surface area contributed by atoms with E-state index in [0.717, 1.165) is 17.8 Å². The van der Waals surface area contributed by atoms with Gasteiger partial charge in [0.2, 0.25) is 0 Å². The minimum Gasteiger partial charge on any atom is -0.478 e. The molecule has 2 N–H and O–H groups in total. The van der Waals surface area contributed by atoms with Crippen molar-refractivity contribution in [1.29, 1.82) is 5.26 Å². The van der Waals surface area contributed by atoms with Crippen LogP contribution in [0.25, 0.3) is 0 Å². The molecule has 1 aromatic heterocycles. The van der Waals surface area contributed by atoms with Gasteiger partial charge in [-0.3, -0.25) is 0 Å². The summed E-state index contributed by atoms with van der Waals surface area (Å²) in [7, 11) is 0. The molecule has 1 aromatic carbocycles. The van der Waals surface area contributed by atoms with E-state index in [0.29, 0.717) is 12.1 Å². The number of hydrogen-bond donors (Lipinski definition) is 2. The highest BCUT2D eigenvalue weighted by Crippen LogP contribution is 2.15. The van der Waals surface area contributed by atoms with Crippen molar-refractivity contribution in [2.24, 2.45) is 0 Å². The molecule has 0 saturated carbocycles. The normalized spacial score (nSPS) is 9.80. The molecule has 0 aliphatic rings. The highest BCUT2D eigenvalue weighted by molar-refractivity contribution is 5.93. The standard InChI is InChI=1S/C14H10FN3O2/c15-11-5-12(14(19)20)13(18-8-11)17-7-10-3-1-9(6-16)2-4-10/h1-5,8H,7H2,(H,17,18)(H,19,20). The Bertz CT molecular complexity index is 678. The summed E-state index contributed by atoms with van der Waals surface area (Å²) in [6.45, 7) is 0.324. The van der Waals surface area contributed by atoms with Gasteiger partial charge >= 0.3 is 5.97 Å². The Hall–Kier alpha value is -2.94. The fourth-order valence-electron chi connectivity index (χ4n) is 1.63. The minimum absolute atomic E-state index is 0.100. The van der Waals surface area contributed by atoms with Gasteiger partial charge in [0.25, 0.3) is 0 Å². The third kappa shape index (κ3) is 3.09. The van der Waals surface area contributed by atoms with Crippen molar-refractivity contribution in [1.82, 2.24) is 4.98 Å². The van der Waals surface area contributed by atoms with Crippen LogP contribution in [0.4, 0.5) is 10.2 Å². The van der Waals surface area contributed by atoms with Crippen molar-refractivity contribution in [3.8, 4) is 6.07 Å². The van der Waals surface area contributed by atoms with Crippen molar-refractivity contribution in [2.45, 2.75) is 6.54 Å². The number of nitrogens with zero attached hydrogens (tertiary/aromatic N) is 2. The number of carboxylic acid groups (broad SMARTS) is 1. The van der Waals surface area contributed by atoms with Gasteiger partial charge in [-0.1, -0.05) is 12.1 Å². The maximum atomic E-state index is 13.0. The molecule has 0 aliphatic carbocycles. The fourth-order valence-corrected chi connectivity index (χ4v) is 1.63. The molecular weight excluding hydrogens is 261 g/mol. The summed E-state index contributed by atoms with van der Waals surface area (Å²) < 4.78 is 13.0. The molecule has 0 unspecified atom stereocenters. The average molecular weight is 271 g/mol. The lowest BCUT2D eigenvalue weighted by atomic mass is 10.1. The zero-order valence-corrected chi connectivity index (χ0v) is 10.3. The van der Waals surface area contributed by atoms with Crippen LogP contribution in [0.1, 0.15) is 21.5 Å². The summed E-state index contributed by atoms with van der Waals surface area (Å²) in [6, 6.07) is 9.73. The number of rotatable bonds is 4. The summed E-state index contributed by atoms with van der Waals surface area (Å²) in [6.07, 6.45) is 0.952. The van der Waals surface area contributed by atoms with Crippen LogP contribution in [-0.4, -0.2) is 16.1 Å². The summed E-state index contributed by atoms with van der Waals surface area (Å²) in [5.41, 5.74) is 1.17. The average Bonchev–Trinajstić information content (AvgIpc) is 2.46. The van der Waals surface area contributed by atoms with Gasteiger partial charge < -0.3 is 10.4 Å². The third-order valence-electron chi connectivity index (χ3n) is 2.63. The molecular formula is C14H10FN3O2. The lowest BCUT2D eigenvalue weighted by Gasteiger charge is -2.08. The summed E-state index contributed by atoms with van der Waals surface area (Å²) in [5.74, 6) is -1.85. The van der Waals surface area contributed by atoms with Gasteiger partial charge in [-0.05, 0) is 23.8 Å². The van der Waals surface area contributed by atoms with E-state index in [2.05, 4.69) is 10.3 Å². The highest BCUT2D eigenvalue weighted by atomic mass is 19.1. The molecule has 0 radical (unpaired) electrons. The number of benzene rings is 1. The highest BCUT2D eigenvalue weighted by Gasteiger charge is 2.12. The Morgan fingerprint density at radius 3 is 2.70 bits per heavy atom. The first-order valence-corrected chi connectivity index (χ1v) is 5.72. The second-order valence-electron chi connectivity index (χ2n) is 4.02. The molecule has 0 bridgehead atoms. The zero-order chi connectivity index (χ0) is 14.5. The predicted molar refractivity (Wildman–Crippen MR) is 69.6 cm³/mol. The fraction of sp³-hybridized carbons (Fsp3) is 0.0714. The quantitative estimate of drug-likeness (QED) is 0.891. The molecule has 2 aromatic rings. The van der Waals surface area contributed by atoms with Gasteiger partial charge in [-0.25, -0.2) is 14.2 Å². The van der Waals surface area contributed by atoms with E-state index >= 15 is 0 Å². The van der Waals surface area contributed by atoms with Crippen molar-refractivity contribution >= 4 is 11.8 Å². The maximum Gasteiger partial charge on any atom is 0.339 e. The topological polar surface area (TPSA) is 86.0 Å². The molecule has 0 spiro atoms. The van der Waals surface area contributed by atoms with E-state index in [4.69, 9.17) is 10.4 Å². The number of nitrogens with one attached hydrogen (secondary N) is 1. The van der Waals surface area contributed by atoms with E-state index in [1.165, 1.54) is 0 Å². The van der Waals surface area contributed by atoms with Crippen molar-refractivity contribution in [2.75, 3.05) is 5.32 Å². The van der Waals surface area contributed by atoms with Crippen LogP contribution in [0.15, 0.2) is 36.5 Å². The SMILES string of the molecule is N#Cc1ccc(CNc2ncc(F)cc2C(=O)O)cc1. The Balaban J connectivity index is 2.14. The third-order valence-corrected chi connectivity index (χ3v) is 2.63. The number of carboxylic acids is 1. The number of aromatic nitrogens is 1. The number of hydrogen-bond acceptors (Lipinski definition) is 4. The first kappa shape index (κ1) is 13.5. The van der Waals surface area contributed by atoms with Crippen LogP contribution in [0.2, 0.25) is 0 Å². The van der Waals surface area contributed by atoms with Gasteiger partial charge in [0.15, 0.2) is 0 Å². The molecule has 100 valence electrons. The molecule has 0 saturated heterocycles. The Kier molecular flexibility index (Phi) is 3.91. The minimum atomic E-state index is -1.25. The second-order valence-corrected chi connectivity index (χ2v) is 4.02. The van der Waals surface area contributed by atoms with E-state index in [-0.39, 0.29) is 11.4 Å². The molecule has 5 nitrogen and oxygen atoms in total. The van der Waals surface area contributed by atoms with Gasteiger partial charge in [0.1, 0.15) is 17.2 Å². The predicted octanol–water partition coefficient (Wildman–Crippen LogP) is 2.40. The number of halogens is 1. The Morgan fingerprint density at radius 1 is 1.40 bits per heavy atom. The number of anilines is 1. The molecule has 0 atom stereocenters. The molecule has 1 heterocycles. The summed E-state index contributed by atoms with van der Waals surface area (Å²) in [5, 5.41) is 20.5. The largest absolute Gasteiger partial charge is 0.478 e. The number of nitriles is 1. The summed E-state index contributed by atoms with van der Waals surface area (Å²) in [4.78, 5) is 14.7. The van der Waals surface area contributed by atoms with Crippen LogP contribution in [0.5, 0.6) is 0 Å². The van der Waals surface area contributed by atoms with Crippen molar-refractivity contribution in [3.05, 3.63) is 59.0 Å². The van der Waals surface area contributed by atoms with Crippen molar-refractivity contribution < 1.29 is 14.3 Å². The second kappa shape index (κ2) is 5.80. The number of carbonyl (C=O) groups is 1. The van der Waals surface area contributed by atoms with Gasteiger partial charge in [-0.15, -0.1) is 0 Å². The van der Waals surface area contributed by atoms with Crippen LogP contribution in [0, 0.1) is 17.1 Å². The lowest BCUT2D eigenvalue weighted by molar-refractivity contribution is 0.0697. The van der Waals surface area contributed by atoms with Gasteiger partial charge in [0, 0.05) is 6.54 Å². The molecule has 20 heavy (non-hydrogen) atoms. The first-order chi connectivity index (χ1) is 9.60. The van der Waals surface area contributed by atoms with Gasteiger partial charge in [-0.2, -0.15) is 5.26 Å². The Morgan fingerprint density at radius 2 is 2.10 bits per heavy atom. The molecule has 0 aliphatic heterocycles. The molecule has 2 rings (SSSR count). The van der Waals surface area contributed by atoms with E-state index in [9.17, 15) is 9.18 Å². The zero-order valence-electron chi connectivity index (χ0n) is 10.3. The molecule has 0 fully saturated rings. The summed E-state index contributed by atoms with van der Waals surface area (Å²) >= 11 is 0. The lowest BCUT2D eigenvalue weighted by Crippen LogP contribution is -2.09. The first-order valence-electron chi connectivity index (χ1n) is 5.72. The van der Waals surface area contributed by atoms with E-state index in [1.807, 2.05) is 6.07 Å². The van der Waals surface area contributed by atoms with Gasteiger partial charge in [0.05, 0.1) is 17.8 Å². The number of pyridine rings is 1. The van der Waals surface area contributed by atoms with Crippen LogP contribution in [0.3, 0.4) is 0 Å². The van der Waals surface area contributed by atoms with E-state index in [1.54, 1.807) is 24.3 Å². The molecule has 0 amide bonds.